The van der Waals surface area contributed by atoms with Gasteiger partial charge in [-0.3, -0.25) is 19.4 Å². The lowest BCUT2D eigenvalue weighted by atomic mass is 10.1. The van der Waals surface area contributed by atoms with Gasteiger partial charge in [-0.05, 0) is 36.4 Å². The maximum absolute atomic E-state index is 12.9. The van der Waals surface area contributed by atoms with Crippen LogP contribution in [0, 0.1) is 0 Å². The molecule has 154 valence electrons. The first-order chi connectivity index (χ1) is 14.4. The van der Waals surface area contributed by atoms with Crippen molar-refractivity contribution in [2.24, 2.45) is 10.3 Å². The molecule has 30 heavy (non-hydrogen) atoms. The molecule has 3 amide bonds. The van der Waals surface area contributed by atoms with E-state index >= 15 is 0 Å². The molecule has 1 fully saturated rings. The van der Waals surface area contributed by atoms with Crippen molar-refractivity contribution < 1.29 is 19.1 Å². The number of benzene rings is 2. The van der Waals surface area contributed by atoms with Crippen LogP contribution in [0.3, 0.4) is 0 Å². The monoisotopic (exact) mass is 447 g/mol. The van der Waals surface area contributed by atoms with E-state index in [0.29, 0.717) is 27.2 Å². The molecule has 0 bridgehead atoms. The lowest BCUT2D eigenvalue weighted by Gasteiger charge is -2.20. The summed E-state index contributed by atoms with van der Waals surface area (Å²) in [5.41, 5.74) is 0.715. The normalized spacial score (nSPS) is 20.0. The molecule has 2 aromatic rings. The standard InChI is InChI=1S/C19H15Cl2N5O4/c1-30-14-6-5-11(21)8-13(14)22-15(27)9-25-17-16(23-24-25)18(28)26(19(17)29)12-4-2-3-10(20)7-12/h2-8,16-17H,9H2,1H3,(H,22,27)/t16-,17+/m1/s1. The van der Waals surface area contributed by atoms with Crippen LogP contribution in [-0.4, -0.2) is 48.5 Å². The van der Waals surface area contributed by atoms with E-state index in [-0.39, 0.29) is 6.54 Å². The van der Waals surface area contributed by atoms with Gasteiger partial charge in [-0.2, -0.15) is 5.11 Å². The van der Waals surface area contributed by atoms with Gasteiger partial charge in [0.2, 0.25) is 5.91 Å². The van der Waals surface area contributed by atoms with Crippen LogP contribution in [0.5, 0.6) is 5.75 Å². The van der Waals surface area contributed by atoms with Gasteiger partial charge >= 0.3 is 0 Å². The minimum Gasteiger partial charge on any atom is -0.495 e. The molecule has 4 rings (SSSR count). The molecule has 2 aliphatic rings. The zero-order valence-corrected chi connectivity index (χ0v) is 17.1. The minimum absolute atomic E-state index is 0.289. The number of imide groups is 1. The Morgan fingerprint density at radius 1 is 1.13 bits per heavy atom. The SMILES string of the molecule is COc1ccc(Cl)cc1NC(=O)CN1N=N[C@H]2C(=O)N(c3cccc(Cl)c3)C(=O)[C@H]21. The van der Waals surface area contributed by atoms with E-state index < -0.39 is 29.8 Å². The zero-order chi connectivity index (χ0) is 21.4. The quantitative estimate of drug-likeness (QED) is 0.709. The van der Waals surface area contributed by atoms with Crippen molar-refractivity contribution in [2.45, 2.75) is 12.1 Å². The molecule has 2 atom stereocenters. The molecule has 0 saturated carbocycles. The topological polar surface area (TPSA) is 104 Å². The van der Waals surface area contributed by atoms with Crippen molar-refractivity contribution in [1.29, 1.82) is 0 Å². The van der Waals surface area contributed by atoms with E-state index in [1.807, 2.05) is 0 Å². The third-order valence-electron chi connectivity index (χ3n) is 4.67. The number of carbonyl (C=O) groups excluding carboxylic acids is 3. The summed E-state index contributed by atoms with van der Waals surface area (Å²) in [6, 6.07) is 9.16. The number of ether oxygens (including phenoxy) is 1. The van der Waals surface area contributed by atoms with Gasteiger partial charge in [0.05, 0.1) is 18.5 Å². The number of methoxy groups -OCH3 is 1. The second kappa shape index (κ2) is 7.92. The highest BCUT2D eigenvalue weighted by atomic mass is 35.5. The third-order valence-corrected chi connectivity index (χ3v) is 5.14. The Balaban J connectivity index is 1.50. The molecule has 1 saturated heterocycles. The van der Waals surface area contributed by atoms with Crippen molar-refractivity contribution in [2.75, 3.05) is 23.9 Å². The number of carbonyl (C=O) groups is 3. The van der Waals surface area contributed by atoms with Crippen molar-refractivity contribution in [1.82, 2.24) is 5.01 Å². The third kappa shape index (κ3) is 3.57. The highest BCUT2D eigenvalue weighted by Crippen LogP contribution is 2.33. The Kier molecular flexibility index (Phi) is 5.31. The molecule has 1 N–H and O–H groups in total. The maximum Gasteiger partial charge on any atom is 0.263 e. The number of hydrogen-bond donors (Lipinski definition) is 1. The van der Waals surface area contributed by atoms with Gasteiger partial charge in [-0.1, -0.05) is 34.5 Å². The molecular weight excluding hydrogens is 433 g/mol. The van der Waals surface area contributed by atoms with Gasteiger partial charge < -0.3 is 10.1 Å². The largest absolute Gasteiger partial charge is 0.495 e. The summed E-state index contributed by atoms with van der Waals surface area (Å²) in [6.07, 6.45) is 0. The molecule has 0 aromatic heterocycles. The minimum atomic E-state index is -1.01. The fraction of sp³-hybridized carbons (Fsp3) is 0.211. The number of rotatable bonds is 5. The van der Waals surface area contributed by atoms with Crippen LogP contribution in [0.25, 0.3) is 0 Å². The van der Waals surface area contributed by atoms with Crippen LogP contribution in [0.1, 0.15) is 0 Å². The summed E-state index contributed by atoms with van der Waals surface area (Å²) >= 11 is 11.9. The average Bonchev–Trinajstić information content (AvgIpc) is 3.21. The summed E-state index contributed by atoms with van der Waals surface area (Å²) in [4.78, 5) is 39.2. The van der Waals surface area contributed by atoms with E-state index in [2.05, 4.69) is 15.7 Å². The predicted octanol–water partition coefficient (Wildman–Crippen LogP) is 2.93. The van der Waals surface area contributed by atoms with Crippen molar-refractivity contribution in [3.8, 4) is 5.75 Å². The van der Waals surface area contributed by atoms with Gasteiger partial charge in [-0.25, -0.2) is 4.90 Å². The van der Waals surface area contributed by atoms with Crippen LogP contribution in [0.15, 0.2) is 52.8 Å². The number of nitrogens with one attached hydrogen (secondary N) is 1. The number of nitrogens with zero attached hydrogens (tertiary/aromatic N) is 4. The molecule has 0 radical (unpaired) electrons. The lowest BCUT2D eigenvalue weighted by Crippen LogP contribution is -2.43. The first-order valence-corrected chi connectivity index (χ1v) is 9.59. The fourth-order valence-electron chi connectivity index (χ4n) is 3.34. The van der Waals surface area contributed by atoms with E-state index in [1.54, 1.807) is 30.3 Å². The molecule has 0 unspecified atom stereocenters. The van der Waals surface area contributed by atoms with Crippen LogP contribution in [0.4, 0.5) is 11.4 Å². The van der Waals surface area contributed by atoms with Crippen LogP contribution in [0.2, 0.25) is 10.0 Å². The summed E-state index contributed by atoms with van der Waals surface area (Å²) in [5, 5.41) is 12.4. The average molecular weight is 448 g/mol. The molecule has 2 heterocycles. The van der Waals surface area contributed by atoms with E-state index in [9.17, 15) is 14.4 Å². The predicted molar refractivity (Wildman–Crippen MR) is 110 cm³/mol. The summed E-state index contributed by atoms with van der Waals surface area (Å²) in [7, 11) is 1.46. The van der Waals surface area contributed by atoms with E-state index in [0.717, 1.165) is 4.90 Å². The molecule has 9 nitrogen and oxygen atoms in total. The Labute approximate surface area is 181 Å². The first kappa shape index (κ1) is 20.1. The van der Waals surface area contributed by atoms with E-state index in [4.69, 9.17) is 27.9 Å². The second-order valence-electron chi connectivity index (χ2n) is 6.58. The van der Waals surface area contributed by atoms with Gasteiger partial charge in [0.25, 0.3) is 11.8 Å². The molecule has 0 aliphatic carbocycles. The highest BCUT2D eigenvalue weighted by Gasteiger charge is 2.55. The Hall–Kier alpha value is -3.17. The lowest BCUT2D eigenvalue weighted by molar-refractivity contribution is -0.123. The summed E-state index contributed by atoms with van der Waals surface area (Å²) in [5.74, 6) is -1.09. The number of fused-ring (bicyclic) bond motifs is 1. The summed E-state index contributed by atoms with van der Waals surface area (Å²) in [6.45, 7) is -0.289. The Morgan fingerprint density at radius 3 is 2.63 bits per heavy atom. The van der Waals surface area contributed by atoms with E-state index in [1.165, 1.54) is 24.3 Å². The fourth-order valence-corrected chi connectivity index (χ4v) is 3.69. The number of halogens is 2. The molecule has 2 aliphatic heterocycles. The Bertz CT molecular complexity index is 1080. The molecule has 0 spiro atoms. The van der Waals surface area contributed by atoms with Crippen LogP contribution >= 0.6 is 23.2 Å². The molecule has 11 heteroatoms. The Morgan fingerprint density at radius 2 is 1.90 bits per heavy atom. The molecule has 2 aromatic carbocycles. The first-order valence-electron chi connectivity index (χ1n) is 8.83. The van der Waals surface area contributed by atoms with Gasteiger partial charge in [0, 0.05) is 10.0 Å². The van der Waals surface area contributed by atoms with Crippen molar-refractivity contribution in [3.63, 3.8) is 0 Å². The van der Waals surface area contributed by atoms with Crippen molar-refractivity contribution >= 4 is 52.3 Å². The number of hydrogen-bond acceptors (Lipinski definition) is 7. The van der Waals surface area contributed by atoms with Crippen LogP contribution in [-0.2, 0) is 14.4 Å². The van der Waals surface area contributed by atoms with Gasteiger partial charge in [0.15, 0.2) is 12.1 Å². The van der Waals surface area contributed by atoms with Crippen LogP contribution < -0.4 is 15.0 Å². The smallest absolute Gasteiger partial charge is 0.263 e. The van der Waals surface area contributed by atoms with Crippen molar-refractivity contribution in [3.05, 3.63) is 52.5 Å². The second-order valence-corrected chi connectivity index (χ2v) is 7.45. The number of anilines is 2. The molecular formula is C19H15Cl2N5O4. The number of amides is 3. The van der Waals surface area contributed by atoms with Gasteiger partial charge in [-0.15, -0.1) is 0 Å². The van der Waals surface area contributed by atoms with Gasteiger partial charge in [0.1, 0.15) is 12.3 Å². The highest BCUT2D eigenvalue weighted by molar-refractivity contribution is 6.32. The summed E-state index contributed by atoms with van der Waals surface area (Å²) < 4.78 is 5.20. The maximum atomic E-state index is 12.9. The zero-order valence-electron chi connectivity index (χ0n) is 15.6.